The maximum absolute atomic E-state index is 13.9. The highest BCUT2D eigenvalue weighted by Gasteiger charge is 2.38. The molecule has 3 aromatic rings. The molecule has 198 valence electrons. The van der Waals surface area contributed by atoms with E-state index in [9.17, 15) is 23.3 Å². The van der Waals surface area contributed by atoms with Crippen LogP contribution in [0.2, 0.25) is 0 Å². The van der Waals surface area contributed by atoms with Crippen LogP contribution in [-0.2, 0) is 12.7 Å². The molecule has 13 heteroatoms. The number of anilines is 2. The summed E-state index contributed by atoms with van der Waals surface area (Å²) in [4.78, 5) is 21.0. The third kappa shape index (κ3) is 6.34. The van der Waals surface area contributed by atoms with Gasteiger partial charge < -0.3 is 15.5 Å². The minimum Gasteiger partial charge on any atom is -0.367 e. The van der Waals surface area contributed by atoms with E-state index < -0.39 is 16.8 Å². The van der Waals surface area contributed by atoms with Gasteiger partial charge in [0.25, 0.3) is 5.69 Å². The summed E-state index contributed by atoms with van der Waals surface area (Å²) in [5, 5.41) is 21.5. The average Bonchev–Trinajstić information content (AvgIpc) is 3.28. The van der Waals surface area contributed by atoms with Crippen LogP contribution in [0.15, 0.2) is 36.5 Å². The van der Waals surface area contributed by atoms with Crippen LogP contribution in [0, 0.1) is 17.0 Å². The summed E-state index contributed by atoms with van der Waals surface area (Å²) >= 11 is 0. The molecule has 0 unspecified atom stereocenters. The smallest absolute Gasteiger partial charge is 0.367 e. The minimum absolute atomic E-state index is 0.0158. The van der Waals surface area contributed by atoms with Gasteiger partial charge in [-0.3, -0.25) is 10.1 Å². The summed E-state index contributed by atoms with van der Waals surface area (Å²) in [5.74, 6) is 2.26. The van der Waals surface area contributed by atoms with E-state index in [0.29, 0.717) is 5.82 Å². The third-order valence-electron chi connectivity index (χ3n) is 6.36. The number of nitro benzene ring substituents is 1. The summed E-state index contributed by atoms with van der Waals surface area (Å²) in [6.45, 7) is 1.86. The Hall–Kier alpha value is -3.74. The Labute approximate surface area is 212 Å². The summed E-state index contributed by atoms with van der Waals surface area (Å²) in [6.07, 6.45) is -0.124. The predicted octanol–water partition coefficient (Wildman–Crippen LogP) is 4.48. The zero-order valence-electron chi connectivity index (χ0n) is 20.8. The molecular formula is C24H29F3N8O2. The van der Waals surface area contributed by atoms with E-state index in [1.165, 1.54) is 18.3 Å². The molecule has 2 N–H and O–H groups in total. The fraction of sp³-hybridized carbons (Fsp3) is 0.458. The van der Waals surface area contributed by atoms with Crippen LogP contribution in [-0.4, -0.2) is 50.9 Å². The van der Waals surface area contributed by atoms with Crippen molar-refractivity contribution in [2.24, 2.45) is 0 Å². The van der Waals surface area contributed by atoms with Crippen molar-refractivity contribution in [3.05, 3.63) is 63.7 Å². The molecule has 1 aromatic carbocycles. The van der Waals surface area contributed by atoms with E-state index in [2.05, 4.69) is 25.7 Å². The molecule has 2 heterocycles. The number of nitro groups is 1. The number of hydrogen-bond donors (Lipinski definition) is 2. The number of aromatic nitrogens is 4. The van der Waals surface area contributed by atoms with Crippen LogP contribution >= 0.6 is 0 Å². The summed E-state index contributed by atoms with van der Waals surface area (Å²) < 4.78 is 42.6. The molecule has 0 radical (unpaired) electrons. The number of non-ortho nitro benzene ring substituents is 1. The van der Waals surface area contributed by atoms with E-state index in [1.54, 1.807) is 0 Å². The number of hydrogen-bond acceptors (Lipinski definition) is 8. The van der Waals surface area contributed by atoms with Gasteiger partial charge in [0, 0.05) is 56.5 Å². The second-order valence-electron chi connectivity index (χ2n) is 9.33. The lowest BCUT2D eigenvalue weighted by molar-refractivity contribution is -0.384. The topological polar surface area (TPSA) is 114 Å². The van der Waals surface area contributed by atoms with E-state index >= 15 is 0 Å². The molecule has 1 saturated carbocycles. The number of aryl methyl sites for hydroxylation is 1. The fourth-order valence-corrected chi connectivity index (χ4v) is 4.49. The van der Waals surface area contributed by atoms with Crippen molar-refractivity contribution < 1.29 is 18.1 Å². The first kappa shape index (κ1) is 26.3. The summed E-state index contributed by atoms with van der Waals surface area (Å²) in [6, 6.07) is 7.03. The number of nitrogens with zero attached hydrogens (tertiary/aromatic N) is 6. The number of benzene rings is 1. The third-order valence-corrected chi connectivity index (χ3v) is 6.36. The normalized spacial score (nSPS) is 18.0. The van der Waals surface area contributed by atoms with E-state index in [1.807, 2.05) is 32.0 Å². The minimum atomic E-state index is -4.64. The van der Waals surface area contributed by atoms with E-state index in [-0.39, 0.29) is 35.6 Å². The van der Waals surface area contributed by atoms with E-state index in [4.69, 9.17) is 0 Å². The first-order chi connectivity index (χ1) is 17.5. The Morgan fingerprint density at radius 2 is 1.76 bits per heavy atom. The van der Waals surface area contributed by atoms with Crippen molar-refractivity contribution in [1.29, 1.82) is 0 Å². The van der Waals surface area contributed by atoms with Crippen LogP contribution in [0.3, 0.4) is 0 Å². The molecule has 0 aliphatic heterocycles. The van der Waals surface area contributed by atoms with Crippen molar-refractivity contribution >= 4 is 17.3 Å². The van der Waals surface area contributed by atoms with Crippen LogP contribution < -0.4 is 15.5 Å². The van der Waals surface area contributed by atoms with Gasteiger partial charge in [0.15, 0.2) is 5.69 Å². The molecule has 4 rings (SSSR count). The van der Waals surface area contributed by atoms with Gasteiger partial charge in [-0.1, -0.05) is 0 Å². The van der Waals surface area contributed by atoms with Crippen molar-refractivity contribution in [1.82, 2.24) is 25.1 Å². The molecule has 0 amide bonds. The van der Waals surface area contributed by atoms with Gasteiger partial charge in [0.05, 0.1) is 16.8 Å². The van der Waals surface area contributed by atoms with Gasteiger partial charge >= 0.3 is 6.18 Å². The van der Waals surface area contributed by atoms with Crippen molar-refractivity contribution in [2.75, 3.05) is 24.3 Å². The van der Waals surface area contributed by atoms with Gasteiger partial charge in [-0.05, 0) is 44.7 Å². The van der Waals surface area contributed by atoms with Crippen LogP contribution in [0.5, 0.6) is 0 Å². The number of nitrogens with one attached hydrogen (secondary N) is 2. The molecule has 37 heavy (non-hydrogen) atoms. The standard InChI is InChI=1S/C24H29F3N8O2/c1-15-30-21(12-22(31-15)33(2)3)32-18-6-4-17(5-7-18)28-13-16-14-29-34(23(16)24(25,26)27)19-8-10-20(11-9-19)35(36)37/h8-12,14,17-18,28H,4-7,13H2,1-3H3,(H,30,31,32). The quantitative estimate of drug-likeness (QED) is 0.332. The Bertz CT molecular complexity index is 1240. The molecular weight excluding hydrogens is 489 g/mol. The highest BCUT2D eigenvalue weighted by molar-refractivity contribution is 5.49. The molecule has 1 fully saturated rings. The van der Waals surface area contributed by atoms with Crippen molar-refractivity contribution in [3.8, 4) is 5.69 Å². The second kappa shape index (κ2) is 10.7. The molecule has 0 spiro atoms. The lowest BCUT2D eigenvalue weighted by Gasteiger charge is -2.30. The van der Waals surface area contributed by atoms with Gasteiger partial charge in [0.2, 0.25) is 0 Å². The maximum Gasteiger partial charge on any atom is 0.433 e. The monoisotopic (exact) mass is 518 g/mol. The lowest BCUT2D eigenvalue weighted by atomic mass is 9.91. The largest absolute Gasteiger partial charge is 0.433 e. The number of halogens is 3. The van der Waals surface area contributed by atoms with Gasteiger partial charge in [-0.25, -0.2) is 14.6 Å². The fourth-order valence-electron chi connectivity index (χ4n) is 4.49. The molecule has 2 aromatic heterocycles. The van der Waals surface area contributed by atoms with Crippen LogP contribution in [0.25, 0.3) is 5.69 Å². The molecule has 1 aliphatic rings. The SMILES string of the molecule is Cc1nc(NC2CCC(NCc3cnn(-c4ccc([N+](=O)[O-])cc4)c3C(F)(F)F)CC2)cc(N(C)C)n1. The highest BCUT2D eigenvalue weighted by atomic mass is 19.4. The molecule has 0 bridgehead atoms. The molecule has 0 saturated heterocycles. The molecule has 1 aliphatic carbocycles. The number of rotatable bonds is 8. The van der Waals surface area contributed by atoms with Gasteiger partial charge in [-0.2, -0.15) is 18.3 Å². The number of alkyl halides is 3. The first-order valence-corrected chi connectivity index (χ1v) is 11.9. The Morgan fingerprint density at radius 3 is 2.35 bits per heavy atom. The molecule has 10 nitrogen and oxygen atoms in total. The summed E-state index contributed by atoms with van der Waals surface area (Å²) in [5.41, 5.74) is -0.962. The zero-order valence-corrected chi connectivity index (χ0v) is 20.8. The van der Waals surface area contributed by atoms with Crippen molar-refractivity contribution in [2.45, 2.75) is 57.4 Å². The van der Waals surface area contributed by atoms with E-state index in [0.717, 1.165) is 54.1 Å². The Balaban J connectivity index is 1.38. The predicted molar refractivity (Wildman–Crippen MR) is 133 cm³/mol. The van der Waals surface area contributed by atoms with Crippen LogP contribution in [0.1, 0.15) is 42.8 Å². The average molecular weight is 519 g/mol. The summed E-state index contributed by atoms with van der Waals surface area (Å²) in [7, 11) is 3.84. The lowest BCUT2D eigenvalue weighted by Crippen LogP contribution is -2.37. The van der Waals surface area contributed by atoms with Crippen LogP contribution in [0.4, 0.5) is 30.5 Å². The second-order valence-corrected chi connectivity index (χ2v) is 9.33. The van der Waals surface area contributed by atoms with Gasteiger partial charge in [0.1, 0.15) is 17.5 Å². The molecule has 0 atom stereocenters. The Morgan fingerprint density at radius 1 is 1.11 bits per heavy atom. The Kier molecular flexibility index (Phi) is 7.62. The van der Waals surface area contributed by atoms with Crippen molar-refractivity contribution in [3.63, 3.8) is 0 Å². The first-order valence-electron chi connectivity index (χ1n) is 11.9. The highest BCUT2D eigenvalue weighted by Crippen LogP contribution is 2.34. The maximum atomic E-state index is 13.9. The van der Waals surface area contributed by atoms with Gasteiger partial charge in [-0.15, -0.1) is 0 Å². The zero-order chi connectivity index (χ0) is 26.7.